The van der Waals surface area contributed by atoms with E-state index in [0.717, 1.165) is 0 Å². The number of amides is 1. The molecule has 0 spiro atoms. The molecule has 3 N–H and O–H groups in total. The second-order valence-corrected chi connectivity index (χ2v) is 11.2. The minimum atomic E-state index is -4.38. The molecule has 0 aromatic carbocycles. The minimum absolute atomic E-state index is 0.0164. The van der Waals surface area contributed by atoms with Crippen molar-refractivity contribution in [3.63, 3.8) is 0 Å². The van der Waals surface area contributed by atoms with Crippen molar-refractivity contribution in [1.29, 1.82) is 0 Å². The van der Waals surface area contributed by atoms with Crippen LogP contribution in [0.25, 0.3) is 0 Å². The van der Waals surface area contributed by atoms with E-state index in [1.165, 1.54) is 0 Å². The summed E-state index contributed by atoms with van der Waals surface area (Å²) in [5.74, 6) is -2.35. The van der Waals surface area contributed by atoms with Crippen molar-refractivity contribution in [3.05, 3.63) is 0 Å². The quantitative estimate of drug-likeness (QED) is 0.0372. The van der Waals surface area contributed by atoms with Crippen LogP contribution >= 0.6 is 0 Å². The monoisotopic (exact) mass is 737 g/mol. The molecule has 1 amide bonds. The summed E-state index contributed by atoms with van der Waals surface area (Å²) >= 11 is 0. The van der Waals surface area contributed by atoms with Crippen LogP contribution in [0.15, 0.2) is 0 Å². The molecule has 49 heavy (non-hydrogen) atoms. The number of carbonyl (C=O) groups excluding carboxylic acids is 2. The lowest BCUT2D eigenvalue weighted by molar-refractivity contribution is -0.138. The summed E-state index contributed by atoms with van der Waals surface area (Å²) in [6.07, 6.45) is 0.140. The summed E-state index contributed by atoms with van der Waals surface area (Å²) in [4.78, 5) is 32.8. The second-order valence-electron chi connectivity index (χ2n) is 9.69. The van der Waals surface area contributed by atoms with E-state index in [1.54, 1.807) is 0 Å². The number of aldehydes is 1. The van der Waals surface area contributed by atoms with Crippen LogP contribution in [0.2, 0.25) is 0 Å². The number of ether oxygens (including phenoxy) is 11. The number of nitrogens with one attached hydrogen (secondary N) is 1. The first-order chi connectivity index (χ1) is 23.7. The Labute approximate surface area is 288 Å². The van der Waals surface area contributed by atoms with Gasteiger partial charge >= 0.3 is 5.97 Å². The van der Waals surface area contributed by atoms with Crippen molar-refractivity contribution in [2.75, 3.05) is 151 Å². The summed E-state index contributed by atoms with van der Waals surface area (Å²) in [7, 11) is -4.38. The third kappa shape index (κ3) is 40.4. The Bertz CT molecular complexity index is 881. The van der Waals surface area contributed by atoms with E-state index >= 15 is 0 Å². The zero-order valence-electron chi connectivity index (χ0n) is 28.2. The highest BCUT2D eigenvalue weighted by Crippen LogP contribution is 1.92. The molecule has 0 radical (unpaired) electrons. The van der Waals surface area contributed by atoms with Crippen LogP contribution in [0.4, 0.5) is 0 Å². The predicted molar refractivity (Wildman–Crippen MR) is 170 cm³/mol. The zero-order valence-corrected chi connectivity index (χ0v) is 29.0. The first-order valence-electron chi connectivity index (χ1n) is 16.0. The zero-order chi connectivity index (χ0) is 36.1. The van der Waals surface area contributed by atoms with Gasteiger partial charge in [-0.25, -0.2) is 0 Å². The molecular formula is C29H55NO18S. The lowest BCUT2D eigenvalue weighted by Gasteiger charge is -2.11. The van der Waals surface area contributed by atoms with Crippen molar-refractivity contribution in [2.24, 2.45) is 0 Å². The van der Waals surface area contributed by atoms with Crippen molar-refractivity contribution in [2.45, 2.75) is 18.9 Å². The number of aliphatic carboxylic acids is 1. The van der Waals surface area contributed by atoms with Crippen molar-refractivity contribution in [1.82, 2.24) is 5.32 Å². The summed E-state index contributed by atoms with van der Waals surface area (Å²) < 4.78 is 89.2. The molecule has 19 nitrogen and oxygen atoms in total. The number of hydrogen-bond acceptors (Lipinski definition) is 16. The molecule has 0 aliphatic heterocycles. The summed E-state index contributed by atoms with van der Waals surface area (Å²) in [6.45, 7) is 8.40. The van der Waals surface area contributed by atoms with Crippen LogP contribution in [0.1, 0.15) is 12.8 Å². The topological polar surface area (TPSA) is 239 Å². The smallest absolute Gasteiger partial charge is 0.305 e. The van der Waals surface area contributed by atoms with E-state index in [9.17, 15) is 22.8 Å². The van der Waals surface area contributed by atoms with Gasteiger partial charge in [0, 0.05) is 6.42 Å². The van der Waals surface area contributed by atoms with Gasteiger partial charge in [-0.2, -0.15) is 8.42 Å². The fourth-order valence-corrected chi connectivity index (χ4v) is 3.86. The summed E-state index contributed by atoms with van der Waals surface area (Å²) in [6, 6.07) is -1.32. The third-order valence-electron chi connectivity index (χ3n) is 5.55. The molecule has 0 aromatic heterocycles. The number of carboxylic acids is 1. The number of carbonyl (C=O) groups is 3. The molecule has 0 saturated heterocycles. The maximum absolute atomic E-state index is 11.7. The lowest BCUT2D eigenvalue weighted by Crippen LogP contribution is -2.41. The Morgan fingerprint density at radius 1 is 0.490 bits per heavy atom. The van der Waals surface area contributed by atoms with Gasteiger partial charge in [-0.05, 0) is 0 Å². The SMILES string of the molecule is O=CC(CS(=O)(=O)O)NC(=O)CCOCCOCCOCCOCCOCCOCCOCCOCCOCCOCCOCCC(=O)O. The van der Waals surface area contributed by atoms with Crippen molar-refractivity contribution < 1.29 is 84.6 Å². The molecule has 0 aliphatic rings. The molecule has 0 heterocycles. The maximum Gasteiger partial charge on any atom is 0.305 e. The van der Waals surface area contributed by atoms with E-state index in [1.807, 2.05) is 0 Å². The average Bonchev–Trinajstić information content (AvgIpc) is 3.05. The molecule has 0 rings (SSSR count). The van der Waals surface area contributed by atoms with E-state index < -0.39 is 33.8 Å². The summed E-state index contributed by atoms with van der Waals surface area (Å²) in [5, 5.41) is 10.7. The minimum Gasteiger partial charge on any atom is -0.481 e. The van der Waals surface area contributed by atoms with E-state index in [-0.39, 0.29) is 38.9 Å². The summed E-state index contributed by atoms with van der Waals surface area (Å²) in [5.41, 5.74) is 0. The largest absolute Gasteiger partial charge is 0.481 e. The predicted octanol–water partition coefficient (Wildman–Crippen LogP) is -1.39. The van der Waals surface area contributed by atoms with Crippen LogP contribution in [-0.4, -0.2) is 193 Å². The second kappa shape index (κ2) is 35.9. The molecule has 20 heteroatoms. The van der Waals surface area contributed by atoms with Gasteiger partial charge in [0.25, 0.3) is 10.1 Å². The Morgan fingerprint density at radius 3 is 0.959 bits per heavy atom. The van der Waals surface area contributed by atoms with Gasteiger partial charge in [0.05, 0.1) is 152 Å². The molecule has 0 aliphatic carbocycles. The van der Waals surface area contributed by atoms with E-state index in [0.29, 0.717) is 126 Å². The van der Waals surface area contributed by atoms with Gasteiger partial charge in [-0.15, -0.1) is 0 Å². The van der Waals surface area contributed by atoms with Gasteiger partial charge in [0.1, 0.15) is 18.1 Å². The third-order valence-corrected chi connectivity index (χ3v) is 6.33. The van der Waals surface area contributed by atoms with Crippen molar-refractivity contribution >= 4 is 28.3 Å². The Hall–Kier alpha value is -1.92. The molecule has 0 aromatic rings. The van der Waals surface area contributed by atoms with E-state index in [2.05, 4.69) is 5.32 Å². The first-order valence-corrected chi connectivity index (χ1v) is 17.6. The highest BCUT2D eigenvalue weighted by Gasteiger charge is 2.18. The Balaban J connectivity index is 3.19. The van der Waals surface area contributed by atoms with Gasteiger partial charge in [0.2, 0.25) is 5.91 Å². The molecule has 0 fully saturated rings. The number of hydrogen-bond donors (Lipinski definition) is 3. The normalized spacial score (nSPS) is 12.3. The van der Waals surface area contributed by atoms with Crippen LogP contribution in [0.5, 0.6) is 0 Å². The molecule has 1 unspecified atom stereocenters. The lowest BCUT2D eigenvalue weighted by atomic mass is 10.3. The molecule has 0 bridgehead atoms. The Kier molecular flexibility index (Phi) is 34.5. The van der Waals surface area contributed by atoms with Crippen LogP contribution in [0, 0.1) is 0 Å². The number of rotatable bonds is 40. The molecule has 0 saturated carbocycles. The number of carboxylic acid groups (broad SMARTS) is 1. The van der Waals surface area contributed by atoms with Gasteiger partial charge in [0.15, 0.2) is 0 Å². The fraction of sp³-hybridized carbons (Fsp3) is 0.897. The van der Waals surface area contributed by atoms with Crippen LogP contribution < -0.4 is 5.32 Å². The van der Waals surface area contributed by atoms with E-state index in [4.69, 9.17) is 61.8 Å². The van der Waals surface area contributed by atoms with Crippen LogP contribution in [-0.2, 0) is 76.6 Å². The van der Waals surface area contributed by atoms with Crippen LogP contribution in [0.3, 0.4) is 0 Å². The average molecular weight is 738 g/mol. The standard InChI is InChI=1S/C29H55NO18S/c31-25-27(26-49(35,36)37)30-28(32)1-3-38-5-7-40-9-11-42-13-15-44-17-19-46-21-23-48-24-22-47-20-18-45-16-14-43-12-10-41-8-6-39-4-2-29(33)34/h25,27H,1-24,26H2,(H,30,32)(H,33,34)(H,35,36,37). The maximum atomic E-state index is 11.7. The molecular weight excluding hydrogens is 682 g/mol. The fourth-order valence-electron chi connectivity index (χ4n) is 3.25. The highest BCUT2D eigenvalue weighted by molar-refractivity contribution is 7.85. The highest BCUT2D eigenvalue weighted by atomic mass is 32.2. The van der Waals surface area contributed by atoms with Crippen molar-refractivity contribution in [3.8, 4) is 0 Å². The first kappa shape index (κ1) is 47.1. The Morgan fingerprint density at radius 2 is 0.735 bits per heavy atom. The molecule has 290 valence electrons. The molecule has 1 atom stereocenters. The van der Waals surface area contributed by atoms with Gasteiger partial charge in [-0.1, -0.05) is 0 Å². The van der Waals surface area contributed by atoms with Gasteiger partial charge < -0.3 is 67.3 Å². The van der Waals surface area contributed by atoms with Gasteiger partial charge in [-0.3, -0.25) is 14.1 Å².